The average Bonchev–Trinajstić information content (AvgIpc) is 3.58. The zero-order chi connectivity index (χ0) is 29.3. The number of anilines is 5. The highest BCUT2D eigenvalue weighted by atomic mass is 32.2. The summed E-state index contributed by atoms with van der Waals surface area (Å²) in [6.45, 7) is 5.15. The van der Waals surface area contributed by atoms with Gasteiger partial charge in [0.2, 0.25) is 11.7 Å². The summed E-state index contributed by atoms with van der Waals surface area (Å²) < 4.78 is 38.0. The van der Waals surface area contributed by atoms with Crippen LogP contribution in [0.3, 0.4) is 0 Å². The number of thiazole rings is 1. The van der Waals surface area contributed by atoms with Gasteiger partial charge in [0.25, 0.3) is 0 Å². The number of alkyl halides is 3. The highest BCUT2D eigenvalue weighted by molar-refractivity contribution is 8.04. The number of aromatic nitrogens is 1. The van der Waals surface area contributed by atoms with E-state index in [2.05, 4.69) is 16.9 Å². The van der Waals surface area contributed by atoms with Crippen molar-refractivity contribution in [2.75, 3.05) is 21.7 Å². The molecule has 0 fully saturated rings. The van der Waals surface area contributed by atoms with Gasteiger partial charge in [-0.2, -0.15) is 13.2 Å². The lowest BCUT2D eigenvalue weighted by atomic mass is 10.1. The number of thiophene rings is 1. The molecule has 0 aliphatic heterocycles. The predicted molar refractivity (Wildman–Crippen MR) is 160 cm³/mol. The van der Waals surface area contributed by atoms with E-state index in [1.807, 2.05) is 46.2 Å². The van der Waals surface area contributed by atoms with Gasteiger partial charge in [-0.25, -0.2) is 4.98 Å². The topological polar surface area (TPSA) is 114 Å². The molecule has 0 aliphatic carbocycles. The van der Waals surface area contributed by atoms with Crippen LogP contribution in [0, 0.1) is 0 Å². The minimum atomic E-state index is -4.69. The van der Waals surface area contributed by atoms with Gasteiger partial charge in [-0.1, -0.05) is 48.2 Å². The largest absolute Gasteiger partial charge is 0.435 e. The van der Waals surface area contributed by atoms with Crippen LogP contribution in [0.15, 0.2) is 89.6 Å². The zero-order valence-electron chi connectivity index (χ0n) is 21.0. The van der Waals surface area contributed by atoms with E-state index >= 15 is 0 Å². The molecule has 1 amide bonds. The molecular weight excluding hydrogens is 580 g/mol. The number of thioether (sulfide) groups is 1. The molecule has 0 saturated carbocycles. The number of nitrogens with zero attached hydrogens (tertiary/aromatic N) is 2. The molecule has 13 heteroatoms. The first kappa shape index (κ1) is 30.5. The highest BCUT2D eigenvalue weighted by Crippen LogP contribution is 2.36. The molecule has 4 rings (SSSR count). The number of amides is 1. The number of hydrogen-bond acceptors (Lipinski definition) is 9. The number of nitrogen functional groups attached to an aromatic ring is 2. The van der Waals surface area contributed by atoms with E-state index in [1.165, 1.54) is 30.8 Å². The minimum Gasteiger partial charge on any atom is -0.397 e. The van der Waals surface area contributed by atoms with Crippen molar-refractivity contribution in [1.29, 1.82) is 0 Å². The molecule has 0 spiro atoms. The molecule has 7 nitrogen and oxygen atoms in total. The molecule has 0 saturated heterocycles. The first-order valence-electron chi connectivity index (χ1n) is 11.4. The van der Waals surface area contributed by atoms with Crippen LogP contribution in [0.25, 0.3) is 0 Å². The molecule has 208 valence electrons. The molecule has 4 aromatic rings. The summed E-state index contributed by atoms with van der Waals surface area (Å²) in [6.07, 6.45) is -2.73. The van der Waals surface area contributed by atoms with E-state index in [9.17, 15) is 22.8 Å². The molecule has 40 heavy (non-hydrogen) atoms. The van der Waals surface area contributed by atoms with Crippen molar-refractivity contribution in [3.05, 3.63) is 106 Å². The first-order chi connectivity index (χ1) is 19.0. The fourth-order valence-electron chi connectivity index (χ4n) is 3.24. The van der Waals surface area contributed by atoms with Gasteiger partial charge in [-0.3, -0.25) is 9.59 Å². The number of nitrogens with two attached hydrogens (primary N) is 2. The smallest absolute Gasteiger partial charge is 0.397 e. The lowest BCUT2D eigenvalue weighted by molar-refractivity contribution is -0.140. The zero-order valence-corrected chi connectivity index (χ0v) is 23.5. The lowest BCUT2D eigenvalue weighted by Gasteiger charge is -2.20. The fourth-order valence-corrected chi connectivity index (χ4v) is 5.09. The van der Waals surface area contributed by atoms with Crippen molar-refractivity contribution < 1.29 is 22.8 Å². The molecule has 0 aliphatic rings. The van der Waals surface area contributed by atoms with Crippen LogP contribution in [0.4, 0.5) is 40.4 Å². The fraction of sp³-hybridized carbons (Fsp3) is 0.0741. The molecule has 2 aromatic carbocycles. The van der Waals surface area contributed by atoms with Gasteiger partial charge in [0, 0.05) is 24.4 Å². The summed E-state index contributed by atoms with van der Waals surface area (Å²) in [5, 5.41) is 9.26. The van der Waals surface area contributed by atoms with Crippen LogP contribution in [-0.2, 0) is 11.0 Å². The third kappa shape index (κ3) is 8.21. The second-order valence-corrected chi connectivity index (χ2v) is 10.6. The number of halogens is 3. The van der Waals surface area contributed by atoms with Crippen molar-refractivity contribution in [3.8, 4) is 0 Å². The molecule has 5 N–H and O–H groups in total. The van der Waals surface area contributed by atoms with Crippen molar-refractivity contribution in [2.24, 2.45) is 0 Å². The van der Waals surface area contributed by atoms with Crippen LogP contribution in [-0.4, -0.2) is 16.7 Å². The Labute approximate surface area is 241 Å². The Morgan fingerprint density at radius 1 is 1.10 bits per heavy atom. The van der Waals surface area contributed by atoms with Crippen molar-refractivity contribution in [2.45, 2.75) is 13.1 Å². The highest BCUT2D eigenvalue weighted by Gasteiger charge is 2.39. The number of hydrogen-bond donors (Lipinski definition) is 3. The molecule has 2 heterocycles. The standard InChI is InChI=1S/C16H17N3OS2.C11H7F3N2OS/c1-3-21-10-8-19(16-5-4-9-22-16)13-6-7-14(17)15(11-13)18-12(2)20;12-11(13,14)9-8(18-10(15)16-9)7(17)6-4-2-1-3-5-6/h3-11H,1,17H2,2H3,(H,18,20);1-5H,(H2,15,16)/b10-8-;. The van der Waals surface area contributed by atoms with Gasteiger partial charge < -0.3 is 21.7 Å². The third-order valence-corrected chi connectivity index (χ3v) is 7.13. The maximum atomic E-state index is 12.7. The van der Waals surface area contributed by atoms with E-state index in [4.69, 9.17) is 11.5 Å². The summed E-state index contributed by atoms with van der Waals surface area (Å²) in [6, 6.07) is 17.3. The summed E-state index contributed by atoms with van der Waals surface area (Å²) in [5.74, 6) is -0.874. The summed E-state index contributed by atoms with van der Waals surface area (Å²) in [4.78, 5) is 28.0. The molecular formula is C27H24F3N5O2S3. The Bertz CT molecular complexity index is 1490. The first-order valence-corrected chi connectivity index (χ1v) is 14.0. The maximum Gasteiger partial charge on any atom is 0.435 e. The van der Waals surface area contributed by atoms with Gasteiger partial charge in [-0.15, -0.1) is 23.1 Å². The van der Waals surface area contributed by atoms with Crippen LogP contribution < -0.4 is 21.7 Å². The van der Waals surface area contributed by atoms with Crippen molar-refractivity contribution in [3.63, 3.8) is 0 Å². The lowest BCUT2D eigenvalue weighted by Crippen LogP contribution is -2.12. The van der Waals surface area contributed by atoms with E-state index < -0.39 is 22.5 Å². The Kier molecular flexibility index (Phi) is 10.5. The minimum absolute atomic E-state index is 0.149. The second kappa shape index (κ2) is 13.8. The van der Waals surface area contributed by atoms with Gasteiger partial charge in [0.15, 0.2) is 10.8 Å². The van der Waals surface area contributed by atoms with Gasteiger partial charge in [0.05, 0.1) is 16.4 Å². The number of carbonyl (C=O) groups excluding carboxylic acids is 2. The Balaban J connectivity index is 0.000000225. The summed E-state index contributed by atoms with van der Waals surface area (Å²) in [5.41, 5.74) is 12.2. The number of rotatable bonds is 8. The predicted octanol–water partition coefficient (Wildman–Crippen LogP) is 7.75. The molecule has 0 atom stereocenters. The molecule has 0 radical (unpaired) electrons. The Morgan fingerprint density at radius 3 is 2.42 bits per heavy atom. The van der Waals surface area contributed by atoms with E-state index in [0.717, 1.165) is 10.7 Å². The molecule has 2 aromatic heterocycles. The van der Waals surface area contributed by atoms with Crippen LogP contribution in [0.5, 0.6) is 0 Å². The Morgan fingerprint density at radius 2 is 1.82 bits per heavy atom. The van der Waals surface area contributed by atoms with Gasteiger partial charge in [-0.05, 0) is 46.5 Å². The number of ketones is 1. The quantitative estimate of drug-likeness (QED) is 0.139. The van der Waals surface area contributed by atoms with E-state index in [0.29, 0.717) is 22.7 Å². The monoisotopic (exact) mass is 603 g/mol. The molecule has 0 bridgehead atoms. The molecule has 0 unspecified atom stereocenters. The van der Waals surface area contributed by atoms with Gasteiger partial charge >= 0.3 is 6.18 Å². The van der Waals surface area contributed by atoms with Gasteiger partial charge in [0.1, 0.15) is 4.88 Å². The Hall–Kier alpha value is -4.07. The van der Waals surface area contributed by atoms with Crippen molar-refractivity contribution >= 4 is 73.3 Å². The SMILES string of the molecule is C=CS/C=C\N(c1ccc(N)c(NC(C)=O)c1)c1cccs1.Nc1nc(C(F)(F)F)c(C(=O)c2ccccc2)s1. The van der Waals surface area contributed by atoms with Crippen molar-refractivity contribution in [1.82, 2.24) is 4.98 Å². The van der Waals surface area contributed by atoms with E-state index in [-0.39, 0.29) is 16.6 Å². The van der Waals surface area contributed by atoms with Crippen LogP contribution >= 0.6 is 34.4 Å². The second-order valence-electron chi connectivity index (χ2n) is 7.78. The summed E-state index contributed by atoms with van der Waals surface area (Å²) >= 11 is 3.67. The number of carbonyl (C=O) groups is 2. The number of nitrogens with one attached hydrogen (secondary N) is 1. The third-order valence-electron chi connectivity index (χ3n) is 4.91. The maximum absolute atomic E-state index is 12.7. The van der Waals surface area contributed by atoms with E-state index in [1.54, 1.807) is 41.0 Å². The average molecular weight is 604 g/mol. The normalized spacial score (nSPS) is 11.0. The summed E-state index contributed by atoms with van der Waals surface area (Å²) in [7, 11) is 0. The number of benzene rings is 2. The van der Waals surface area contributed by atoms with Crippen LogP contribution in [0.2, 0.25) is 0 Å². The van der Waals surface area contributed by atoms with Crippen LogP contribution in [0.1, 0.15) is 27.9 Å².